The molecule has 0 atom stereocenters. The van der Waals surface area contributed by atoms with Gasteiger partial charge in [0.1, 0.15) is 5.69 Å². The number of nitrogens with one attached hydrogen (secondary N) is 1. The Balaban J connectivity index is 1.55. The number of fused-ring (bicyclic) bond motifs is 1. The minimum atomic E-state index is -0.425. The summed E-state index contributed by atoms with van der Waals surface area (Å²) >= 11 is 0. The van der Waals surface area contributed by atoms with E-state index in [2.05, 4.69) is 10.3 Å². The van der Waals surface area contributed by atoms with Crippen LogP contribution in [0.1, 0.15) is 26.4 Å². The standard InChI is InChI=1S/C30H24N4O2/c31-18-20-11-13-23(14-12-20)28-24(21-7-3-1-4-8-21)17-25-26(34-28)15-16-32-29(25)30(36)33-19-27(35)22-9-5-2-6-10-22/h1-17H,18-19,31H2,(H,33,36). The van der Waals surface area contributed by atoms with Gasteiger partial charge in [0.25, 0.3) is 5.91 Å². The van der Waals surface area contributed by atoms with E-state index in [1.54, 1.807) is 36.5 Å². The van der Waals surface area contributed by atoms with Crippen molar-refractivity contribution in [2.24, 2.45) is 5.73 Å². The van der Waals surface area contributed by atoms with Crippen molar-refractivity contribution in [3.8, 4) is 22.4 Å². The van der Waals surface area contributed by atoms with E-state index in [-0.39, 0.29) is 18.0 Å². The summed E-state index contributed by atoms with van der Waals surface area (Å²) in [6.07, 6.45) is 1.56. The maximum atomic E-state index is 13.1. The van der Waals surface area contributed by atoms with Gasteiger partial charge in [-0.15, -0.1) is 0 Å². The van der Waals surface area contributed by atoms with Crippen LogP contribution in [0.2, 0.25) is 0 Å². The van der Waals surface area contributed by atoms with Gasteiger partial charge in [-0.3, -0.25) is 14.6 Å². The zero-order valence-corrected chi connectivity index (χ0v) is 19.5. The van der Waals surface area contributed by atoms with Gasteiger partial charge in [-0.2, -0.15) is 0 Å². The SMILES string of the molecule is NCc1ccc(-c2nc3ccnc(C(=O)NCC(=O)c4ccccc4)c3cc2-c2ccccc2)cc1. The van der Waals surface area contributed by atoms with Gasteiger partial charge >= 0.3 is 0 Å². The number of Topliss-reactive ketones (excluding diaryl/α,β-unsaturated/α-hetero) is 1. The quantitative estimate of drug-likeness (QED) is 0.324. The first kappa shape index (κ1) is 23.1. The second-order valence-electron chi connectivity index (χ2n) is 8.35. The Bertz CT molecular complexity index is 1530. The fourth-order valence-corrected chi connectivity index (χ4v) is 4.10. The van der Waals surface area contributed by atoms with Crippen LogP contribution in [0.15, 0.2) is 103 Å². The van der Waals surface area contributed by atoms with Crippen LogP contribution in [0.25, 0.3) is 33.3 Å². The molecule has 0 spiro atoms. The van der Waals surface area contributed by atoms with E-state index in [0.29, 0.717) is 23.0 Å². The first-order valence-corrected chi connectivity index (χ1v) is 11.6. The number of nitrogens with zero attached hydrogens (tertiary/aromatic N) is 2. The second-order valence-corrected chi connectivity index (χ2v) is 8.35. The summed E-state index contributed by atoms with van der Waals surface area (Å²) in [7, 11) is 0. The van der Waals surface area contributed by atoms with Crippen LogP contribution in [0.3, 0.4) is 0 Å². The van der Waals surface area contributed by atoms with Crippen LogP contribution in [0, 0.1) is 0 Å². The Morgan fingerprint density at radius 3 is 2.19 bits per heavy atom. The van der Waals surface area contributed by atoms with Crippen molar-refractivity contribution in [1.29, 1.82) is 0 Å². The average molecular weight is 473 g/mol. The number of aromatic nitrogens is 2. The monoisotopic (exact) mass is 472 g/mol. The zero-order chi connectivity index (χ0) is 24.9. The summed E-state index contributed by atoms with van der Waals surface area (Å²) in [5, 5.41) is 3.33. The van der Waals surface area contributed by atoms with Crippen molar-refractivity contribution in [1.82, 2.24) is 15.3 Å². The Labute approximate surface area is 208 Å². The van der Waals surface area contributed by atoms with E-state index >= 15 is 0 Å². The van der Waals surface area contributed by atoms with Gasteiger partial charge in [0.15, 0.2) is 5.78 Å². The maximum Gasteiger partial charge on any atom is 0.270 e. The molecule has 0 fully saturated rings. The van der Waals surface area contributed by atoms with Gasteiger partial charge in [-0.05, 0) is 23.3 Å². The number of benzene rings is 3. The molecule has 5 rings (SSSR count). The molecule has 0 aliphatic rings. The smallest absolute Gasteiger partial charge is 0.270 e. The Morgan fingerprint density at radius 2 is 1.50 bits per heavy atom. The van der Waals surface area contributed by atoms with Crippen LogP contribution in [-0.4, -0.2) is 28.2 Å². The number of nitrogens with two attached hydrogens (primary N) is 1. The minimum Gasteiger partial charge on any atom is -0.343 e. The summed E-state index contributed by atoms with van der Waals surface area (Å²) in [5.41, 5.74) is 11.8. The molecule has 0 saturated heterocycles. The summed E-state index contributed by atoms with van der Waals surface area (Å²) < 4.78 is 0. The molecule has 0 unspecified atom stereocenters. The van der Waals surface area contributed by atoms with Crippen LogP contribution in [0.4, 0.5) is 0 Å². The van der Waals surface area contributed by atoms with Crippen molar-refractivity contribution in [3.05, 3.63) is 120 Å². The molecule has 6 nitrogen and oxygen atoms in total. The number of pyridine rings is 2. The molecule has 36 heavy (non-hydrogen) atoms. The maximum absolute atomic E-state index is 13.1. The van der Waals surface area contributed by atoms with Gasteiger partial charge in [0, 0.05) is 34.8 Å². The summed E-state index contributed by atoms with van der Waals surface area (Å²) in [4.78, 5) is 34.9. The highest BCUT2D eigenvalue weighted by Gasteiger charge is 2.18. The molecule has 176 valence electrons. The Morgan fingerprint density at radius 1 is 0.806 bits per heavy atom. The van der Waals surface area contributed by atoms with Gasteiger partial charge in [0.2, 0.25) is 0 Å². The van der Waals surface area contributed by atoms with Crippen molar-refractivity contribution >= 4 is 22.6 Å². The van der Waals surface area contributed by atoms with Gasteiger partial charge in [0.05, 0.1) is 17.8 Å². The average Bonchev–Trinajstić information content (AvgIpc) is 2.95. The highest BCUT2D eigenvalue weighted by Crippen LogP contribution is 2.34. The molecule has 0 bridgehead atoms. The third-order valence-corrected chi connectivity index (χ3v) is 6.01. The fourth-order valence-electron chi connectivity index (χ4n) is 4.10. The first-order valence-electron chi connectivity index (χ1n) is 11.6. The summed E-state index contributed by atoms with van der Waals surface area (Å²) in [6.45, 7) is 0.347. The molecule has 0 aliphatic carbocycles. The predicted molar refractivity (Wildman–Crippen MR) is 141 cm³/mol. The Hall–Kier alpha value is -4.68. The number of rotatable bonds is 7. The number of amides is 1. The van der Waals surface area contributed by atoms with Gasteiger partial charge in [-0.25, -0.2) is 4.98 Å². The molecule has 6 heteroatoms. The van der Waals surface area contributed by atoms with E-state index in [1.807, 2.05) is 66.7 Å². The van der Waals surface area contributed by atoms with Crippen molar-refractivity contribution in [2.45, 2.75) is 6.54 Å². The molecule has 0 saturated carbocycles. The summed E-state index contributed by atoms with van der Waals surface area (Å²) in [6, 6.07) is 30.5. The number of hydrogen-bond acceptors (Lipinski definition) is 5. The molecule has 2 heterocycles. The normalized spacial score (nSPS) is 10.8. The molecule has 0 radical (unpaired) electrons. The lowest BCUT2D eigenvalue weighted by atomic mass is 9.96. The van der Waals surface area contributed by atoms with E-state index < -0.39 is 5.91 Å². The van der Waals surface area contributed by atoms with Gasteiger partial charge in [-0.1, -0.05) is 84.9 Å². The molecule has 1 amide bonds. The zero-order valence-electron chi connectivity index (χ0n) is 19.5. The van der Waals surface area contributed by atoms with E-state index in [1.165, 1.54) is 0 Å². The molecule has 0 aliphatic heterocycles. The van der Waals surface area contributed by atoms with Crippen molar-refractivity contribution in [2.75, 3.05) is 6.54 Å². The van der Waals surface area contributed by atoms with Crippen LogP contribution in [-0.2, 0) is 6.54 Å². The second kappa shape index (κ2) is 10.3. The Kier molecular flexibility index (Phi) is 6.60. The molecular formula is C30H24N4O2. The molecule has 2 aromatic heterocycles. The summed E-state index contributed by atoms with van der Waals surface area (Å²) in [5.74, 6) is -0.596. The van der Waals surface area contributed by atoms with E-state index in [0.717, 1.165) is 27.9 Å². The van der Waals surface area contributed by atoms with E-state index in [9.17, 15) is 9.59 Å². The lowest BCUT2D eigenvalue weighted by molar-refractivity contribution is 0.0902. The van der Waals surface area contributed by atoms with Gasteiger partial charge < -0.3 is 11.1 Å². The third kappa shape index (κ3) is 4.76. The van der Waals surface area contributed by atoms with Crippen molar-refractivity contribution in [3.63, 3.8) is 0 Å². The lowest BCUT2D eigenvalue weighted by Gasteiger charge is -2.14. The topological polar surface area (TPSA) is 98.0 Å². The predicted octanol–water partition coefficient (Wildman–Crippen LogP) is 5.04. The number of ketones is 1. The number of hydrogen-bond donors (Lipinski definition) is 2. The first-order chi connectivity index (χ1) is 17.6. The fraction of sp³-hybridized carbons (Fsp3) is 0.0667. The van der Waals surface area contributed by atoms with Crippen LogP contribution >= 0.6 is 0 Å². The molecular weight excluding hydrogens is 448 g/mol. The molecule has 5 aromatic rings. The number of carbonyl (C=O) groups is 2. The highest BCUT2D eigenvalue weighted by molar-refractivity contribution is 6.08. The minimum absolute atomic E-state index is 0.120. The molecule has 3 N–H and O–H groups in total. The molecule has 3 aromatic carbocycles. The number of carbonyl (C=O) groups excluding carboxylic acids is 2. The third-order valence-electron chi connectivity index (χ3n) is 6.01. The van der Waals surface area contributed by atoms with Crippen LogP contribution < -0.4 is 11.1 Å². The van der Waals surface area contributed by atoms with Crippen molar-refractivity contribution < 1.29 is 9.59 Å². The van der Waals surface area contributed by atoms with Crippen LogP contribution in [0.5, 0.6) is 0 Å². The highest BCUT2D eigenvalue weighted by atomic mass is 16.2. The largest absolute Gasteiger partial charge is 0.343 e. The lowest BCUT2D eigenvalue weighted by Crippen LogP contribution is -2.30. The van der Waals surface area contributed by atoms with E-state index in [4.69, 9.17) is 10.7 Å².